The van der Waals surface area contributed by atoms with Crippen molar-refractivity contribution in [2.45, 2.75) is 13.5 Å². The number of nitrogens with one attached hydrogen (secondary N) is 1. The van der Waals surface area contributed by atoms with Crippen LogP contribution in [0.2, 0.25) is 5.02 Å². The van der Waals surface area contributed by atoms with Crippen molar-refractivity contribution in [3.05, 3.63) is 51.3 Å². The normalized spacial score (nSPS) is 10.2. The fourth-order valence-corrected chi connectivity index (χ4v) is 1.81. The van der Waals surface area contributed by atoms with E-state index in [9.17, 15) is 10.1 Å². The second-order valence-corrected chi connectivity index (χ2v) is 4.48. The highest BCUT2D eigenvalue weighted by molar-refractivity contribution is 6.30. The molecule has 0 aliphatic heterocycles. The highest BCUT2D eigenvalue weighted by Gasteiger charge is 2.23. The molecule has 0 aliphatic rings. The molecule has 0 radical (unpaired) electrons. The minimum atomic E-state index is -0.560. The van der Waals surface area contributed by atoms with E-state index >= 15 is 0 Å². The zero-order chi connectivity index (χ0) is 15.2. The molecule has 2 aromatic rings. The van der Waals surface area contributed by atoms with Crippen molar-refractivity contribution in [1.82, 2.24) is 9.97 Å². The van der Waals surface area contributed by atoms with E-state index in [4.69, 9.17) is 16.3 Å². The van der Waals surface area contributed by atoms with Crippen LogP contribution in [0.5, 0.6) is 5.88 Å². The number of anilines is 1. The van der Waals surface area contributed by atoms with E-state index in [1.807, 2.05) is 12.1 Å². The van der Waals surface area contributed by atoms with Gasteiger partial charge in [-0.2, -0.15) is 4.98 Å². The molecule has 1 aromatic heterocycles. The maximum atomic E-state index is 11.2. The first-order valence-electron chi connectivity index (χ1n) is 6.22. The maximum Gasteiger partial charge on any atom is 0.372 e. The minimum absolute atomic E-state index is 0.0453. The van der Waals surface area contributed by atoms with Gasteiger partial charge in [0.2, 0.25) is 5.82 Å². The van der Waals surface area contributed by atoms with Crippen LogP contribution in [-0.2, 0) is 6.54 Å². The zero-order valence-corrected chi connectivity index (χ0v) is 12.0. The molecule has 0 aliphatic carbocycles. The lowest BCUT2D eigenvalue weighted by molar-refractivity contribution is -0.385. The number of nitrogens with zero attached hydrogens (tertiary/aromatic N) is 3. The lowest BCUT2D eigenvalue weighted by Crippen LogP contribution is -2.08. The molecule has 0 atom stereocenters. The molecule has 0 unspecified atom stereocenters. The van der Waals surface area contributed by atoms with Crippen LogP contribution in [0.15, 0.2) is 30.6 Å². The molecular formula is C13H13ClN4O3. The van der Waals surface area contributed by atoms with Crippen molar-refractivity contribution in [3.63, 3.8) is 0 Å². The molecule has 1 heterocycles. The van der Waals surface area contributed by atoms with E-state index in [2.05, 4.69) is 15.3 Å². The number of rotatable bonds is 6. The second-order valence-electron chi connectivity index (χ2n) is 4.05. The van der Waals surface area contributed by atoms with Gasteiger partial charge in [0, 0.05) is 11.6 Å². The number of benzene rings is 1. The largest absolute Gasteiger partial charge is 0.473 e. The second kappa shape index (κ2) is 6.85. The van der Waals surface area contributed by atoms with Gasteiger partial charge in [-0.25, -0.2) is 4.98 Å². The monoisotopic (exact) mass is 308 g/mol. The summed E-state index contributed by atoms with van der Waals surface area (Å²) < 4.78 is 5.16. The fourth-order valence-electron chi connectivity index (χ4n) is 1.69. The summed E-state index contributed by atoms with van der Waals surface area (Å²) in [6, 6.07) is 7.15. The van der Waals surface area contributed by atoms with Crippen LogP contribution in [0.4, 0.5) is 11.5 Å². The molecule has 1 aromatic carbocycles. The van der Waals surface area contributed by atoms with Crippen molar-refractivity contribution < 1.29 is 9.66 Å². The molecule has 0 spiro atoms. The summed E-state index contributed by atoms with van der Waals surface area (Å²) in [5.41, 5.74) is 0.651. The first kappa shape index (κ1) is 15.0. The third kappa shape index (κ3) is 3.79. The molecule has 0 saturated heterocycles. The van der Waals surface area contributed by atoms with E-state index in [-0.39, 0.29) is 24.0 Å². The van der Waals surface area contributed by atoms with Crippen LogP contribution in [0.1, 0.15) is 12.5 Å². The average Bonchev–Trinajstić information content (AvgIpc) is 2.47. The Morgan fingerprint density at radius 3 is 2.67 bits per heavy atom. The van der Waals surface area contributed by atoms with Crippen LogP contribution >= 0.6 is 11.6 Å². The number of aromatic nitrogens is 2. The van der Waals surface area contributed by atoms with Crippen molar-refractivity contribution >= 4 is 23.1 Å². The van der Waals surface area contributed by atoms with Gasteiger partial charge in [0.1, 0.15) is 6.33 Å². The van der Waals surface area contributed by atoms with Gasteiger partial charge in [-0.15, -0.1) is 0 Å². The highest BCUT2D eigenvalue weighted by Crippen LogP contribution is 2.30. The van der Waals surface area contributed by atoms with Crippen molar-refractivity contribution in [2.24, 2.45) is 0 Å². The Bertz CT molecular complexity index is 634. The topological polar surface area (TPSA) is 90.2 Å². The molecule has 0 bridgehead atoms. The molecule has 0 saturated carbocycles. The lowest BCUT2D eigenvalue weighted by atomic mass is 10.2. The Morgan fingerprint density at radius 2 is 2.05 bits per heavy atom. The first-order valence-corrected chi connectivity index (χ1v) is 6.60. The molecule has 21 heavy (non-hydrogen) atoms. The summed E-state index contributed by atoms with van der Waals surface area (Å²) in [5, 5.41) is 14.7. The average molecular weight is 309 g/mol. The molecule has 2 rings (SSSR count). The van der Waals surface area contributed by atoms with E-state index in [1.165, 1.54) is 6.33 Å². The number of hydrogen-bond donors (Lipinski definition) is 1. The Morgan fingerprint density at radius 1 is 1.33 bits per heavy atom. The third-order valence-electron chi connectivity index (χ3n) is 2.63. The van der Waals surface area contributed by atoms with Crippen LogP contribution < -0.4 is 10.1 Å². The lowest BCUT2D eigenvalue weighted by Gasteiger charge is -2.08. The molecule has 110 valence electrons. The molecule has 7 nitrogen and oxygen atoms in total. The van der Waals surface area contributed by atoms with Crippen LogP contribution in [0.3, 0.4) is 0 Å². The van der Waals surface area contributed by atoms with Crippen molar-refractivity contribution in [3.8, 4) is 5.88 Å². The molecule has 8 heteroatoms. The summed E-state index contributed by atoms with van der Waals surface area (Å²) in [7, 11) is 0. The summed E-state index contributed by atoms with van der Waals surface area (Å²) in [4.78, 5) is 18.3. The van der Waals surface area contributed by atoms with Crippen LogP contribution in [0, 0.1) is 10.1 Å². The van der Waals surface area contributed by atoms with Crippen LogP contribution in [-0.4, -0.2) is 21.5 Å². The first-order chi connectivity index (χ1) is 10.1. The predicted molar refractivity (Wildman–Crippen MR) is 78.6 cm³/mol. The van der Waals surface area contributed by atoms with Gasteiger partial charge in [0.15, 0.2) is 0 Å². The van der Waals surface area contributed by atoms with Gasteiger partial charge < -0.3 is 10.1 Å². The van der Waals surface area contributed by atoms with Gasteiger partial charge >= 0.3 is 5.69 Å². The zero-order valence-electron chi connectivity index (χ0n) is 11.2. The number of nitro groups is 1. The summed E-state index contributed by atoms with van der Waals surface area (Å²) in [5.74, 6) is 0.0736. The molecule has 0 fully saturated rings. The highest BCUT2D eigenvalue weighted by atomic mass is 35.5. The standard InChI is InChI=1S/C13H13ClN4O3/c1-2-21-13-11(18(19)20)12(16-8-17-13)15-7-9-3-5-10(14)6-4-9/h3-6,8H,2,7H2,1H3,(H,15,16,17). The number of ether oxygens (including phenoxy) is 1. The Labute approximate surface area is 126 Å². The maximum absolute atomic E-state index is 11.2. The van der Waals surface area contributed by atoms with Gasteiger partial charge in [-0.05, 0) is 24.6 Å². The SMILES string of the molecule is CCOc1ncnc(NCc2ccc(Cl)cc2)c1[N+](=O)[O-]. The van der Waals surface area contributed by atoms with Crippen molar-refractivity contribution in [2.75, 3.05) is 11.9 Å². The van der Waals surface area contributed by atoms with Gasteiger partial charge in [-0.3, -0.25) is 10.1 Å². The summed E-state index contributed by atoms with van der Waals surface area (Å²) in [6.45, 7) is 2.39. The number of hydrogen-bond acceptors (Lipinski definition) is 6. The van der Waals surface area contributed by atoms with Crippen LogP contribution in [0.25, 0.3) is 0 Å². The fraction of sp³-hybridized carbons (Fsp3) is 0.231. The smallest absolute Gasteiger partial charge is 0.372 e. The minimum Gasteiger partial charge on any atom is -0.473 e. The van der Waals surface area contributed by atoms with E-state index in [1.54, 1.807) is 19.1 Å². The van der Waals surface area contributed by atoms with E-state index in [0.717, 1.165) is 5.56 Å². The van der Waals surface area contributed by atoms with Gasteiger partial charge in [0.25, 0.3) is 5.88 Å². The van der Waals surface area contributed by atoms with Gasteiger partial charge in [0.05, 0.1) is 11.5 Å². The third-order valence-corrected chi connectivity index (χ3v) is 2.88. The summed E-state index contributed by atoms with van der Waals surface area (Å²) in [6.07, 6.45) is 1.22. The molecule has 1 N–H and O–H groups in total. The molecule has 0 amide bonds. The Balaban J connectivity index is 2.21. The molecular weight excluding hydrogens is 296 g/mol. The van der Waals surface area contributed by atoms with Gasteiger partial charge in [-0.1, -0.05) is 23.7 Å². The Hall–Kier alpha value is -2.41. The summed E-state index contributed by atoms with van der Waals surface area (Å²) >= 11 is 5.80. The number of halogens is 1. The Kier molecular flexibility index (Phi) is 4.89. The van der Waals surface area contributed by atoms with E-state index < -0.39 is 4.92 Å². The predicted octanol–water partition coefficient (Wildman–Crippen LogP) is 3.05. The van der Waals surface area contributed by atoms with E-state index in [0.29, 0.717) is 11.6 Å². The van der Waals surface area contributed by atoms with Crippen molar-refractivity contribution in [1.29, 1.82) is 0 Å². The quantitative estimate of drug-likeness (QED) is 0.651.